The summed E-state index contributed by atoms with van der Waals surface area (Å²) < 4.78 is 0. The van der Waals surface area contributed by atoms with Gasteiger partial charge in [-0.15, -0.1) is 6.42 Å². The molecule has 0 bridgehead atoms. The van der Waals surface area contributed by atoms with Crippen molar-refractivity contribution < 1.29 is 0 Å². The van der Waals surface area contributed by atoms with Gasteiger partial charge in [0.25, 0.3) is 0 Å². The molecule has 0 amide bonds. The fraction of sp³-hybridized carbons (Fsp3) is 0.438. The van der Waals surface area contributed by atoms with Crippen molar-refractivity contribution in [3.63, 3.8) is 0 Å². The maximum Gasteiger partial charge on any atom is 0.192 e. The van der Waals surface area contributed by atoms with Gasteiger partial charge in [0.1, 0.15) is 0 Å². The number of nitrogens with zero attached hydrogens (tertiary/aromatic N) is 1. The second kappa shape index (κ2) is 6.84. The highest BCUT2D eigenvalue weighted by Crippen LogP contribution is 2.47. The van der Waals surface area contributed by atoms with Crippen molar-refractivity contribution in [1.82, 2.24) is 10.6 Å². The first-order chi connectivity index (χ1) is 9.35. The Morgan fingerprint density at radius 3 is 2.84 bits per heavy atom. The van der Waals surface area contributed by atoms with E-state index in [-0.39, 0.29) is 0 Å². The minimum atomic E-state index is 0.513. The first-order valence-corrected chi connectivity index (χ1v) is 6.85. The SMILES string of the molecule is C#CCNC(=NCC1CC1c1ccccc1)NCC. The van der Waals surface area contributed by atoms with E-state index < -0.39 is 0 Å². The normalized spacial score (nSPS) is 21.6. The summed E-state index contributed by atoms with van der Waals surface area (Å²) in [4.78, 5) is 4.59. The predicted octanol–water partition coefficient (Wildman–Crippen LogP) is 1.98. The Morgan fingerprint density at radius 1 is 1.37 bits per heavy atom. The predicted molar refractivity (Wildman–Crippen MR) is 80.1 cm³/mol. The number of hydrogen-bond donors (Lipinski definition) is 2. The standard InChI is InChI=1S/C16H21N3/c1-3-10-18-16(17-4-2)19-12-14-11-15(14)13-8-6-5-7-9-13/h1,5-9,14-15H,4,10-12H2,2H3,(H2,17,18,19). The molecule has 1 fully saturated rings. The van der Waals surface area contributed by atoms with Gasteiger partial charge in [0.15, 0.2) is 5.96 Å². The van der Waals surface area contributed by atoms with E-state index in [1.807, 2.05) is 0 Å². The molecule has 1 aromatic rings. The number of terminal acetylenes is 1. The van der Waals surface area contributed by atoms with Crippen molar-refractivity contribution >= 4 is 5.96 Å². The second-order valence-electron chi connectivity index (χ2n) is 4.79. The molecule has 2 unspecified atom stereocenters. The highest BCUT2D eigenvalue weighted by Gasteiger charge is 2.37. The zero-order valence-corrected chi connectivity index (χ0v) is 11.4. The third-order valence-corrected chi connectivity index (χ3v) is 3.34. The van der Waals surface area contributed by atoms with Gasteiger partial charge in [-0.2, -0.15) is 0 Å². The molecule has 2 N–H and O–H groups in total. The summed E-state index contributed by atoms with van der Waals surface area (Å²) in [5, 5.41) is 6.31. The van der Waals surface area contributed by atoms with E-state index in [4.69, 9.17) is 6.42 Å². The molecule has 1 aromatic carbocycles. The number of hydrogen-bond acceptors (Lipinski definition) is 1. The van der Waals surface area contributed by atoms with Gasteiger partial charge in [-0.1, -0.05) is 36.3 Å². The monoisotopic (exact) mass is 255 g/mol. The number of benzene rings is 1. The molecule has 0 aliphatic heterocycles. The molecule has 1 aliphatic carbocycles. The molecule has 2 atom stereocenters. The van der Waals surface area contributed by atoms with Gasteiger partial charge in [0, 0.05) is 13.1 Å². The highest BCUT2D eigenvalue weighted by molar-refractivity contribution is 5.80. The van der Waals surface area contributed by atoms with Crippen molar-refractivity contribution in [2.75, 3.05) is 19.6 Å². The summed E-state index contributed by atoms with van der Waals surface area (Å²) in [6, 6.07) is 10.7. The molecule has 0 aromatic heterocycles. The summed E-state index contributed by atoms with van der Waals surface area (Å²) in [5.74, 6) is 4.73. The van der Waals surface area contributed by atoms with Gasteiger partial charge in [0.2, 0.25) is 0 Å². The molecule has 1 saturated carbocycles. The van der Waals surface area contributed by atoms with Crippen molar-refractivity contribution in [3.05, 3.63) is 35.9 Å². The summed E-state index contributed by atoms with van der Waals surface area (Å²) in [6.45, 7) is 4.28. The van der Waals surface area contributed by atoms with E-state index in [1.165, 1.54) is 12.0 Å². The molecule has 100 valence electrons. The Balaban J connectivity index is 1.83. The molecule has 3 nitrogen and oxygen atoms in total. The van der Waals surface area contributed by atoms with Crippen LogP contribution in [0.5, 0.6) is 0 Å². The smallest absolute Gasteiger partial charge is 0.192 e. The van der Waals surface area contributed by atoms with Crippen LogP contribution in [0.2, 0.25) is 0 Å². The van der Waals surface area contributed by atoms with Crippen LogP contribution in [0, 0.1) is 18.3 Å². The van der Waals surface area contributed by atoms with E-state index in [0.717, 1.165) is 19.0 Å². The maximum atomic E-state index is 5.24. The lowest BCUT2D eigenvalue weighted by Crippen LogP contribution is -2.37. The summed E-state index contributed by atoms with van der Waals surface area (Å²) >= 11 is 0. The van der Waals surface area contributed by atoms with Gasteiger partial charge < -0.3 is 10.6 Å². The van der Waals surface area contributed by atoms with Crippen molar-refractivity contribution in [2.24, 2.45) is 10.9 Å². The van der Waals surface area contributed by atoms with Crippen LogP contribution < -0.4 is 10.6 Å². The number of aliphatic imine (C=N–C) groups is 1. The van der Waals surface area contributed by atoms with E-state index in [1.54, 1.807) is 0 Å². The van der Waals surface area contributed by atoms with Crippen LogP contribution in [-0.4, -0.2) is 25.6 Å². The highest BCUT2D eigenvalue weighted by atomic mass is 15.2. The van der Waals surface area contributed by atoms with Crippen LogP contribution >= 0.6 is 0 Å². The Hall–Kier alpha value is -1.95. The third-order valence-electron chi connectivity index (χ3n) is 3.34. The molecule has 1 aliphatic rings. The fourth-order valence-electron chi connectivity index (χ4n) is 2.24. The van der Waals surface area contributed by atoms with Crippen LogP contribution in [0.3, 0.4) is 0 Å². The van der Waals surface area contributed by atoms with Gasteiger partial charge in [-0.25, -0.2) is 0 Å². The van der Waals surface area contributed by atoms with Crippen molar-refractivity contribution in [3.8, 4) is 12.3 Å². The average Bonchev–Trinajstić information content (AvgIpc) is 3.22. The van der Waals surface area contributed by atoms with E-state index in [0.29, 0.717) is 18.4 Å². The van der Waals surface area contributed by atoms with Crippen LogP contribution in [0.1, 0.15) is 24.8 Å². The molecular formula is C16H21N3. The Kier molecular flexibility index (Phi) is 4.85. The minimum absolute atomic E-state index is 0.513. The van der Waals surface area contributed by atoms with Gasteiger partial charge >= 0.3 is 0 Å². The third kappa shape index (κ3) is 4.03. The second-order valence-corrected chi connectivity index (χ2v) is 4.79. The van der Waals surface area contributed by atoms with E-state index >= 15 is 0 Å². The zero-order valence-electron chi connectivity index (χ0n) is 11.4. The number of rotatable bonds is 5. The van der Waals surface area contributed by atoms with Crippen LogP contribution in [0.4, 0.5) is 0 Å². The lowest BCUT2D eigenvalue weighted by Gasteiger charge is -2.08. The molecule has 3 heteroatoms. The number of nitrogens with one attached hydrogen (secondary N) is 2. The Morgan fingerprint density at radius 2 is 2.16 bits per heavy atom. The van der Waals surface area contributed by atoms with E-state index in [2.05, 4.69) is 58.8 Å². The molecule has 2 rings (SSSR count). The van der Waals surface area contributed by atoms with Crippen LogP contribution in [-0.2, 0) is 0 Å². The first kappa shape index (κ1) is 13.5. The Labute approximate surface area is 115 Å². The zero-order chi connectivity index (χ0) is 13.5. The quantitative estimate of drug-likeness (QED) is 0.479. The minimum Gasteiger partial charge on any atom is -0.357 e. The topological polar surface area (TPSA) is 36.4 Å². The first-order valence-electron chi connectivity index (χ1n) is 6.85. The largest absolute Gasteiger partial charge is 0.357 e. The van der Waals surface area contributed by atoms with Gasteiger partial charge in [-0.05, 0) is 30.7 Å². The van der Waals surface area contributed by atoms with Crippen LogP contribution in [0.15, 0.2) is 35.3 Å². The van der Waals surface area contributed by atoms with Gasteiger partial charge in [-0.3, -0.25) is 4.99 Å². The van der Waals surface area contributed by atoms with Gasteiger partial charge in [0.05, 0.1) is 6.54 Å². The number of guanidine groups is 1. The summed E-state index contributed by atoms with van der Waals surface area (Å²) in [7, 11) is 0. The van der Waals surface area contributed by atoms with Crippen molar-refractivity contribution in [2.45, 2.75) is 19.3 Å². The molecule has 0 radical (unpaired) electrons. The molecule has 0 heterocycles. The fourth-order valence-corrected chi connectivity index (χ4v) is 2.24. The average molecular weight is 255 g/mol. The Bertz CT molecular complexity index is 459. The molecule has 19 heavy (non-hydrogen) atoms. The molecular weight excluding hydrogens is 234 g/mol. The lowest BCUT2D eigenvalue weighted by molar-refractivity contribution is 0.784. The molecule has 0 saturated heterocycles. The summed E-state index contributed by atoms with van der Waals surface area (Å²) in [5.41, 5.74) is 1.43. The summed E-state index contributed by atoms with van der Waals surface area (Å²) in [6.07, 6.45) is 6.48. The molecule has 0 spiro atoms. The van der Waals surface area contributed by atoms with Crippen molar-refractivity contribution in [1.29, 1.82) is 0 Å². The lowest BCUT2D eigenvalue weighted by atomic mass is 10.1. The maximum absolute atomic E-state index is 5.24. The van der Waals surface area contributed by atoms with E-state index in [9.17, 15) is 0 Å². The van der Waals surface area contributed by atoms with Crippen LogP contribution in [0.25, 0.3) is 0 Å².